The first-order valence-corrected chi connectivity index (χ1v) is 8.90. The fourth-order valence-corrected chi connectivity index (χ4v) is 4.05. The van der Waals surface area contributed by atoms with Crippen molar-refractivity contribution in [2.75, 3.05) is 32.8 Å². The third kappa shape index (κ3) is 3.84. The molecular formula is C16H24N2O2S. The second kappa shape index (κ2) is 7.38. The molecule has 1 aliphatic carbocycles. The number of nitrogens with one attached hydrogen (secondary N) is 1. The van der Waals surface area contributed by atoms with E-state index in [4.69, 9.17) is 4.74 Å². The average molecular weight is 308 g/mol. The number of rotatable bonds is 5. The Bertz CT molecular complexity index is 437. The van der Waals surface area contributed by atoms with E-state index in [1.807, 2.05) is 0 Å². The van der Waals surface area contributed by atoms with Crippen LogP contribution in [0.2, 0.25) is 0 Å². The highest BCUT2D eigenvalue weighted by Crippen LogP contribution is 2.26. The van der Waals surface area contributed by atoms with E-state index in [0.29, 0.717) is 6.54 Å². The number of ether oxygens (including phenoxy) is 1. The Morgan fingerprint density at radius 3 is 2.81 bits per heavy atom. The van der Waals surface area contributed by atoms with E-state index in [1.165, 1.54) is 18.4 Å². The highest BCUT2D eigenvalue weighted by molar-refractivity contribution is 7.07. The first-order valence-electron chi connectivity index (χ1n) is 7.96. The van der Waals surface area contributed by atoms with Crippen LogP contribution in [-0.4, -0.2) is 43.7 Å². The summed E-state index contributed by atoms with van der Waals surface area (Å²) >= 11 is 1.72. The van der Waals surface area contributed by atoms with Gasteiger partial charge in [0.15, 0.2) is 0 Å². The van der Waals surface area contributed by atoms with E-state index < -0.39 is 0 Å². The summed E-state index contributed by atoms with van der Waals surface area (Å²) in [5, 5.41) is 7.50. The highest BCUT2D eigenvalue weighted by atomic mass is 32.1. The smallest absolute Gasteiger partial charge is 0.223 e. The Morgan fingerprint density at radius 2 is 2.14 bits per heavy atom. The number of carbonyl (C=O) groups excluding carboxylic acids is 1. The largest absolute Gasteiger partial charge is 0.379 e. The number of carbonyl (C=O) groups is 1. The molecule has 0 spiro atoms. The summed E-state index contributed by atoms with van der Waals surface area (Å²) < 4.78 is 5.45. The molecule has 1 aliphatic heterocycles. The summed E-state index contributed by atoms with van der Waals surface area (Å²) in [5.41, 5.74) is 1.31. The first kappa shape index (κ1) is 15.0. The summed E-state index contributed by atoms with van der Waals surface area (Å²) in [6.07, 6.45) is 4.53. The zero-order valence-electron chi connectivity index (χ0n) is 12.4. The van der Waals surface area contributed by atoms with Gasteiger partial charge >= 0.3 is 0 Å². The van der Waals surface area contributed by atoms with Gasteiger partial charge in [-0.05, 0) is 35.2 Å². The van der Waals surface area contributed by atoms with Crippen molar-refractivity contribution in [3.05, 3.63) is 22.4 Å². The molecular weight excluding hydrogens is 284 g/mol. The first-order chi connectivity index (χ1) is 10.3. The standard InChI is InChI=1S/C16H24N2O2S/c19-16(13-3-1-2-4-13)17-11-15(14-5-10-21-12-14)18-6-8-20-9-7-18/h5,10,12-13,15H,1-4,6-9,11H2,(H,17,19). The number of amides is 1. The fraction of sp³-hybridized carbons (Fsp3) is 0.688. The quantitative estimate of drug-likeness (QED) is 0.908. The van der Waals surface area contributed by atoms with Crippen LogP contribution >= 0.6 is 11.3 Å². The summed E-state index contributed by atoms with van der Waals surface area (Å²) in [7, 11) is 0. The molecule has 3 rings (SSSR count). The van der Waals surface area contributed by atoms with Crippen molar-refractivity contribution in [1.82, 2.24) is 10.2 Å². The molecule has 2 aliphatic rings. The van der Waals surface area contributed by atoms with Crippen LogP contribution in [0, 0.1) is 5.92 Å². The molecule has 2 fully saturated rings. The fourth-order valence-electron chi connectivity index (χ4n) is 3.34. The Kier molecular flexibility index (Phi) is 5.27. The SMILES string of the molecule is O=C(NCC(c1ccsc1)N1CCOCC1)C1CCCC1. The Balaban J connectivity index is 1.60. The summed E-state index contributed by atoms with van der Waals surface area (Å²) in [4.78, 5) is 14.7. The van der Waals surface area contributed by atoms with E-state index in [-0.39, 0.29) is 17.9 Å². The van der Waals surface area contributed by atoms with Gasteiger partial charge in [-0.1, -0.05) is 12.8 Å². The molecule has 1 atom stereocenters. The zero-order valence-corrected chi connectivity index (χ0v) is 13.2. The summed E-state index contributed by atoms with van der Waals surface area (Å²) in [6, 6.07) is 2.46. The third-order valence-electron chi connectivity index (χ3n) is 4.61. The topological polar surface area (TPSA) is 41.6 Å². The molecule has 1 saturated carbocycles. The van der Waals surface area contributed by atoms with Gasteiger partial charge < -0.3 is 10.1 Å². The van der Waals surface area contributed by atoms with Crippen LogP contribution in [0.1, 0.15) is 37.3 Å². The van der Waals surface area contributed by atoms with E-state index in [0.717, 1.165) is 39.1 Å². The molecule has 2 heterocycles. The van der Waals surface area contributed by atoms with Crippen molar-refractivity contribution in [3.8, 4) is 0 Å². The number of thiophene rings is 1. The number of hydrogen-bond donors (Lipinski definition) is 1. The molecule has 1 aromatic heterocycles. The maximum atomic E-state index is 12.3. The molecule has 4 nitrogen and oxygen atoms in total. The Hall–Kier alpha value is -0.910. The number of nitrogens with zero attached hydrogens (tertiary/aromatic N) is 1. The maximum Gasteiger partial charge on any atom is 0.223 e. The van der Waals surface area contributed by atoms with E-state index in [9.17, 15) is 4.79 Å². The molecule has 116 valence electrons. The molecule has 0 radical (unpaired) electrons. The minimum Gasteiger partial charge on any atom is -0.379 e. The van der Waals surface area contributed by atoms with Crippen molar-refractivity contribution in [3.63, 3.8) is 0 Å². The Morgan fingerprint density at radius 1 is 1.38 bits per heavy atom. The van der Waals surface area contributed by atoms with E-state index >= 15 is 0 Å². The lowest BCUT2D eigenvalue weighted by Crippen LogP contribution is -2.44. The molecule has 1 amide bonds. The van der Waals surface area contributed by atoms with Gasteiger partial charge in [0.1, 0.15) is 0 Å². The molecule has 1 unspecified atom stereocenters. The second-order valence-corrected chi connectivity index (χ2v) is 6.73. The van der Waals surface area contributed by atoms with Gasteiger partial charge in [0.2, 0.25) is 5.91 Å². The number of hydrogen-bond acceptors (Lipinski definition) is 4. The van der Waals surface area contributed by atoms with Crippen LogP contribution in [-0.2, 0) is 9.53 Å². The molecule has 1 N–H and O–H groups in total. The van der Waals surface area contributed by atoms with Crippen LogP contribution in [0.4, 0.5) is 0 Å². The predicted molar refractivity (Wildman–Crippen MR) is 84.4 cm³/mol. The van der Waals surface area contributed by atoms with E-state index in [1.54, 1.807) is 11.3 Å². The monoisotopic (exact) mass is 308 g/mol. The third-order valence-corrected chi connectivity index (χ3v) is 5.31. The van der Waals surface area contributed by atoms with Crippen LogP contribution in [0.5, 0.6) is 0 Å². The summed E-state index contributed by atoms with van der Waals surface area (Å²) in [6.45, 7) is 4.18. The van der Waals surface area contributed by atoms with Crippen molar-refractivity contribution < 1.29 is 9.53 Å². The van der Waals surface area contributed by atoms with Gasteiger partial charge in [0, 0.05) is 25.6 Å². The Labute approximate surface area is 130 Å². The van der Waals surface area contributed by atoms with Gasteiger partial charge in [0.25, 0.3) is 0 Å². The lowest BCUT2D eigenvalue weighted by Gasteiger charge is -2.34. The minimum atomic E-state index is 0.248. The van der Waals surface area contributed by atoms with Gasteiger partial charge in [0.05, 0.1) is 19.3 Å². The van der Waals surface area contributed by atoms with Gasteiger partial charge in [-0.3, -0.25) is 9.69 Å². The summed E-state index contributed by atoms with van der Waals surface area (Å²) in [5.74, 6) is 0.499. The van der Waals surface area contributed by atoms with Gasteiger partial charge in [-0.15, -0.1) is 0 Å². The highest BCUT2D eigenvalue weighted by Gasteiger charge is 2.26. The molecule has 0 aromatic carbocycles. The van der Waals surface area contributed by atoms with Gasteiger partial charge in [-0.2, -0.15) is 11.3 Å². The lowest BCUT2D eigenvalue weighted by atomic mass is 10.1. The van der Waals surface area contributed by atoms with Crippen LogP contribution in [0.15, 0.2) is 16.8 Å². The molecule has 0 bridgehead atoms. The average Bonchev–Trinajstić information content (AvgIpc) is 3.22. The van der Waals surface area contributed by atoms with Crippen molar-refractivity contribution in [1.29, 1.82) is 0 Å². The normalized spacial score (nSPS) is 22.3. The van der Waals surface area contributed by atoms with Crippen molar-refractivity contribution in [2.24, 2.45) is 5.92 Å². The van der Waals surface area contributed by atoms with Crippen molar-refractivity contribution >= 4 is 17.2 Å². The maximum absolute atomic E-state index is 12.3. The molecule has 1 aromatic rings. The molecule has 5 heteroatoms. The molecule has 21 heavy (non-hydrogen) atoms. The van der Waals surface area contributed by atoms with Crippen LogP contribution < -0.4 is 5.32 Å². The predicted octanol–water partition coefficient (Wildman–Crippen LogP) is 2.43. The number of morpholine rings is 1. The zero-order chi connectivity index (χ0) is 14.5. The minimum absolute atomic E-state index is 0.248. The van der Waals surface area contributed by atoms with E-state index in [2.05, 4.69) is 27.0 Å². The van der Waals surface area contributed by atoms with Crippen LogP contribution in [0.3, 0.4) is 0 Å². The molecule has 1 saturated heterocycles. The van der Waals surface area contributed by atoms with Crippen LogP contribution in [0.25, 0.3) is 0 Å². The van der Waals surface area contributed by atoms with Crippen molar-refractivity contribution in [2.45, 2.75) is 31.7 Å². The second-order valence-electron chi connectivity index (χ2n) is 5.95. The van der Waals surface area contributed by atoms with Gasteiger partial charge in [-0.25, -0.2) is 0 Å². The lowest BCUT2D eigenvalue weighted by molar-refractivity contribution is -0.125.